The van der Waals surface area contributed by atoms with Crippen molar-refractivity contribution >= 4 is 5.78 Å². The number of benzene rings is 2. The minimum atomic E-state index is -0.313. The first-order chi connectivity index (χ1) is 10.0. The zero-order chi connectivity index (χ0) is 15.2. The Morgan fingerprint density at radius 1 is 1.14 bits per heavy atom. The molecular weight excluding hydrogens is 265 g/mol. The summed E-state index contributed by atoms with van der Waals surface area (Å²) in [5.74, 6) is -0.289. The van der Waals surface area contributed by atoms with Crippen LogP contribution in [0.1, 0.15) is 16.7 Å². The van der Waals surface area contributed by atoms with E-state index in [2.05, 4.69) is 6.07 Å². The van der Waals surface area contributed by atoms with Crippen LogP contribution in [0, 0.1) is 12.7 Å². The molecule has 0 N–H and O–H groups in total. The average molecular weight is 285 g/mol. The normalized spacial score (nSPS) is 10.9. The van der Waals surface area contributed by atoms with Gasteiger partial charge in [-0.05, 0) is 31.2 Å². The molecule has 0 aliphatic heterocycles. The van der Waals surface area contributed by atoms with Crippen molar-refractivity contribution in [2.45, 2.75) is 19.9 Å². The highest BCUT2D eigenvalue weighted by Crippen LogP contribution is 2.09. The molecule has 2 aromatic rings. The SMILES string of the molecule is Cc1cccc(CN(C)CC(=O)Cc2ccccc2F)c1. The summed E-state index contributed by atoms with van der Waals surface area (Å²) in [6.07, 6.45) is 0.144. The number of rotatable bonds is 6. The summed E-state index contributed by atoms with van der Waals surface area (Å²) in [6.45, 7) is 3.08. The van der Waals surface area contributed by atoms with E-state index in [0.717, 1.165) is 0 Å². The van der Waals surface area contributed by atoms with Gasteiger partial charge in [-0.1, -0.05) is 48.0 Å². The molecule has 2 nitrogen and oxygen atoms in total. The lowest BCUT2D eigenvalue weighted by Crippen LogP contribution is -2.26. The van der Waals surface area contributed by atoms with Crippen molar-refractivity contribution in [1.29, 1.82) is 0 Å². The number of ketones is 1. The van der Waals surface area contributed by atoms with Gasteiger partial charge in [0.2, 0.25) is 0 Å². The molecule has 2 aromatic carbocycles. The molecule has 0 saturated carbocycles. The lowest BCUT2D eigenvalue weighted by atomic mass is 10.1. The van der Waals surface area contributed by atoms with Gasteiger partial charge in [0.05, 0.1) is 6.54 Å². The molecule has 0 aliphatic rings. The molecule has 0 fully saturated rings. The quantitative estimate of drug-likeness (QED) is 0.811. The second-order valence-electron chi connectivity index (χ2n) is 5.47. The molecule has 0 unspecified atom stereocenters. The van der Waals surface area contributed by atoms with Gasteiger partial charge in [-0.3, -0.25) is 9.69 Å². The van der Waals surface area contributed by atoms with Gasteiger partial charge in [0.15, 0.2) is 5.78 Å². The van der Waals surface area contributed by atoms with Crippen molar-refractivity contribution in [3.63, 3.8) is 0 Å². The first-order valence-corrected chi connectivity index (χ1v) is 7.04. The Bertz CT molecular complexity index is 624. The van der Waals surface area contributed by atoms with Crippen LogP contribution in [-0.2, 0) is 17.8 Å². The van der Waals surface area contributed by atoms with Gasteiger partial charge in [-0.2, -0.15) is 0 Å². The third kappa shape index (κ3) is 4.80. The lowest BCUT2D eigenvalue weighted by Gasteiger charge is -2.16. The highest BCUT2D eigenvalue weighted by atomic mass is 19.1. The molecule has 110 valence electrons. The fraction of sp³-hybridized carbons (Fsp3) is 0.278. The van der Waals surface area contributed by atoms with E-state index in [9.17, 15) is 9.18 Å². The fourth-order valence-electron chi connectivity index (χ4n) is 2.39. The fourth-order valence-corrected chi connectivity index (χ4v) is 2.39. The van der Waals surface area contributed by atoms with Gasteiger partial charge < -0.3 is 0 Å². The average Bonchev–Trinajstić information content (AvgIpc) is 2.41. The molecule has 0 atom stereocenters. The van der Waals surface area contributed by atoms with Crippen LogP contribution in [0.2, 0.25) is 0 Å². The molecule has 0 saturated heterocycles. The Labute approximate surface area is 125 Å². The zero-order valence-electron chi connectivity index (χ0n) is 12.5. The van der Waals surface area contributed by atoms with Crippen molar-refractivity contribution in [1.82, 2.24) is 4.90 Å². The van der Waals surface area contributed by atoms with E-state index >= 15 is 0 Å². The summed E-state index contributed by atoms with van der Waals surface area (Å²) in [6, 6.07) is 14.7. The Balaban J connectivity index is 1.89. The summed E-state index contributed by atoms with van der Waals surface area (Å²) < 4.78 is 13.5. The van der Waals surface area contributed by atoms with Gasteiger partial charge in [-0.15, -0.1) is 0 Å². The Morgan fingerprint density at radius 2 is 1.90 bits per heavy atom. The van der Waals surface area contributed by atoms with Crippen LogP contribution in [0.4, 0.5) is 4.39 Å². The number of halogens is 1. The molecule has 0 heterocycles. The Kier molecular flexibility index (Phi) is 5.23. The molecule has 0 aromatic heterocycles. The first kappa shape index (κ1) is 15.4. The third-order valence-corrected chi connectivity index (χ3v) is 3.33. The van der Waals surface area contributed by atoms with Crippen LogP contribution in [0.25, 0.3) is 0 Å². The predicted octanol–water partition coefficient (Wildman–Crippen LogP) is 3.38. The number of nitrogens with zero attached hydrogens (tertiary/aromatic N) is 1. The first-order valence-electron chi connectivity index (χ1n) is 7.04. The monoisotopic (exact) mass is 285 g/mol. The minimum Gasteiger partial charge on any atom is -0.298 e. The number of likely N-dealkylation sites (N-methyl/N-ethyl adjacent to an activating group) is 1. The molecule has 0 amide bonds. The van der Waals surface area contributed by atoms with Crippen LogP contribution in [-0.4, -0.2) is 24.3 Å². The van der Waals surface area contributed by atoms with E-state index in [0.29, 0.717) is 18.7 Å². The maximum absolute atomic E-state index is 13.5. The third-order valence-electron chi connectivity index (χ3n) is 3.33. The van der Waals surface area contributed by atoms with Crippen LogP contribution < -0.4 is 0 Å². The van der Waals surface area contributed by atoms with Gasteiger partial charge in [-0.25, -0.2) is 4.39 Å². The number of aryl methyl sites for hydroxylation is 1. The summed E-state index contributed by atoms with van der Waals surface area (Å²) >= 11 is 0. The number of carbonyl (C=O) groups is 1. The topological polar surface area (TPSA) is 20.3 Å². The maximum Gasteiger partial charge on any atom is 0.151 e. The van der Waals surface area contributed by atoms with Gasteiger partial charge in [0.25, 0.3) is 0 Å². The van der Waals surface area contributed by atoms with E-state index in [-0.39, 0.29) is 18.0 Å². The number of carbonyl (C=O) groups excluding carboxylic acids is 1. The molecule has 0 aliphatic carbocycles. The highest BCUT2D eigenvalue weighted by molar-refractivity contribution is 5.82. The summed E-state index contributed by atoms with van der Waals surface area (Å²) in [5.41, 5.74) is 2.85. The van der Waals surface area contributed by atoms with Gasteiger partial charge in [0.1, 0.15) is 5.82 Å². The van der Waals surface area contributed by atoms with Crippen LogP contribution in [0.15, 0.2) is 48.5 Å². The van der Waals surface area contributed by atoms with Crippen molar-refractivity contribution in [3.05, 3.63) is 71.0 Å². The molecular formula is C18H20FNO. The van der Waals surface area contributed by atoms with E-state index < -0.39 is 0 Å². The molecule has 0 bridgehead atoms. The van der Waals surface area contributed by atoms with Crippen molar-refractivity contribution in [2.24, 2.45) is 0 Å². The molecule has 21 heavy (non-hydrogen) atoms. The van der Waals surface area contributed by atoms with Crippen molar-refractivity contribution in [3.8, 4) is 0 Å². The van der Waals surface area contributed by atoms with Gasteiger partial charge in [0, 0.05) is 13.0 Å². The van der Waals surface area contributed by atoms with E-state index in [1.807, 2.05) is 37.1 Å². The number of hydrogen-bond acceptors (Lipinski definition) is 2. The largest absolute Gasteiger partial charge is 0.298 e. The van der Waals surface area contributed by atoms with E-state index in [4.69, 9.17) is 0 Å². The summed E-state index contributed by atoms with van der Waals surface area (Å²) in [4.78, 5) is 14.0. The molecule has 0 spiro atoms. The second kappa shape index (κ2) is 7.14. The van der Waals surface area contributed by atoms with Crippen LogP contribution in [0.5, 0.6) is 0 Å². The molecule has 0 radical (unpaired) electrons. The lowest BCUT2D eigenvalue weighted by molar-refractivity contribution is -0.119. The second-order valence-corrected chi connectivity index (χ2v) is 5.47. The van der Waals surface area contributed by atoms with E-state index in [1.165, 1.54) is 17.2 Å². The van der Waals surface area contributed by atoms with Crippen LogP contribution >= 0.6 is 0 Å². The Hall–Kier alpha value is -2.00. The minimum absolute atomic E-state index is 0.0234. The summed E-state index contributed by atoms with van der Waals surface area (Å²) in [5, 5.41) is 0. The predicted molar refractivity (Wildman–Crippen MR) is 82.6 cm³/mol. The van der Waals surface area contributed by atoms with Crippen molar-refractivity contribution < 1.29 is 9.18 Å². The number of Topliss-reactive ketones (excluding diaryl/α,β-unsaturated/α-hetero) is 1. The van der Waals surface area contributed by atoms with E-state index in [1.54, 1.807) is 18.2 Å². The standard InChI is InChI=1S/C18H20FNO/c1-14-6-5-7-15(10-14)12-20(2)13-17(21)11-16-8-3-4-9-18(16)19/h3-10H,11-13H2,1-2H3. The molecule has 3 heteroatoms. The Morgan fingerprint density at radius 3 is 2.62 bits per heavy atom. The summed E-state index contributed by atoms with van der Waals surface area (Å²) in [7, 11) is 1.90. The maximum atomic E-state index is 13.5. The van der Waals surface area contributed by atoms with Gasteiger partial charge >= 0.3 is 0 Å². The molecule has 2 rings (SSSR count). The number of hydrogen-bond donors (Lipinski definition) is 0. The zero-order valence-corrected chi connectivity index (χ0v) is 12.5. The highest BCUT2D eigenvalue weighted by Gasteiger charge is 2.10. The van der Waals surface area contributed by atoms with Crippen molar-refractivity contribution in [2.75, 3.05) is 13.6 Å². The smallest absolute Gasteiger partial charge is 0.151 e. The van der Waals surface area contributed by atoms with Crippen LogP contribution in [0.3, 0.4) is 0 Å².